The molecule has 2 atom stereocenters. The van der Waals surface area contributed by atoms with E-state index in [1.54, 1.807) is 6.92 Å². The normalized spacial score (nSPS) is 20.7. The summed E-state index contributed by atoms with van der Waals surface area (Å²) in [6.45, 7) is 3.10. The van der Waals surface area contributed by atoms with Crippen molar-refractivity contribution in [1.29, 1.82) is 0 Å². The maximum absolute atomic E-state index is 13.1. The molecular formula is C24H40N4O5. The number of carbonyl (C=O) groups is 5. The Hall–Kier alpha value is -2.29. The molecule has 2 rings (SSSR count). The lowest BCUT2D eigenvalue weighted by Crippen LogP contribution is -2.52. The van der Waals surface area contributed by atoms with Crippen molar-refractivity contribution < 1.29 is 25.3 Å². The summed E-state index contributed by atoms with van der Waals surface area (Å²) in [5.74, 6) is -1.80. The third-order valence-electron chi connectivity index (χ3n) is 6.97. The van der Waals surface area contributed by atoms with Crippen molar-refractivity contribution in [2.24, 2.45) is 23.0 Å². The van der Waals surface area contributed by atoms with Crippen molar-refractivity contribution in [3.63, 3.8) is 0 Å². The Morgan fingerprint density at radius 2 is 1.94 bits per heavy atom. The van der Waals surface area contributed by atoms with Gasteiger partial charge in [0, 0.05) is 46.2 Å². The molecule has 0 aromatic carbocycles. The summed E-state index contributed by atoms with van der Waals surface area (Å²) in [5.41, 5.74) is 4.48. The van der Waals surface area contributed by atoms with Crippen LogP contribution in [-0.4, -0.2) is 61.0 Å². The van der Waals surface area contributed by atoms with E-state index in [0.29, 0.717) is 58.2 Å². The van der Waals surface area contributed by atoms with E-state index < -0.39 is 11.3 Å². The second-order valence-corrected chi connectivity index (χ2v) is 9.39. The summed E-state index contributed by atoms with van der Waals surface area (Å²) in [5, 5.41) is 5.36. The zero-order valence-corrected chi connectivity index (χ0v) is 19.8. The summed E-state index contributed by atoms with van der Waals surface area (Å²) >= 11 is 0. The van der Waals surface area contributed by atoms with Crippen LogP contribution in [0.1, 0.15) is 78.9 Å². The Bertz CT molecular complexity index is 756. The van der Waals surface area contributed by atoms with Crippen LogP contribution in [0.15, 0.2) is 0 Å². The van der Waals surface area contributed by atoms with Crippen LogP contribution in [0.25, 0.3) is 0 Å². The Labute approximate surface area is 198 Å². The van der Waals surface area contributed by atoms with Crippen LogP contribution in [0.2, 0.25) is 0 Å². The van der Waals surface area contributed by atoms with E-state index in [9.17, 15) is 24.0 Å². The van der Waals surface area contributed by atoms with Crippen LogP contribution in [0.4, 0.5) is 0 Å². The molecule has 1 saturated heterocycles. The van der Waals surface area contributed by atoms with Gasteiger partial charge in [0.05, 0.1) is 0 Å². The molecule has 0 aromatic rings. The van der Waals surface area contributed by atoms with Gasteiger partial charge in [-0.05, 0) is 51.5 Å². The number of amides is 4. The molecule has 186 valence electrons. The van der Waals surface area contributed by atoms with Gasteiger partial charge in [-0.15, -0.1) is 0 Å². The predicted molar refractivity (Wildman–Crippen MR) is 124 cm³/mol. The molecule has 0 radical (unpaired) electrons. The lowest BCUT2D eigenvalue weighted by molar-refractivity contribution is -0.150. The largest absolute Gasteiger partial charge is 0.359 e. The van der Waals surface area contributed by atoms with Crippen molar-refractivity contribution in [3.8, 4) is 0 Å². The number of ketones is 1. The highest BCUT2D eigenvalue weighted by atomic mass is 16.2. The molecule has 1 saturated carbocycles. The van der Waals surface area contributed by atoms with Crippen molar-refractivity contribution in [1.82, 2.24) is 15.5 Å². The number of rotatable bonds is 15. The molecule has 4 amide bonds. The number of nitrogens with zero attached hydrogens (tertiary/aromatic N) is 1. The van der Waals surface area contributed by atoms with E-state index in [1.165, 1.54) is 4.90 Å². The Balaban J connectivity index is 1.78. The predicted octanol–water partition coefficient (Wildman–Crippen LogP) is 1.29. The SMILES string of the molecule is [2H]CNC(=O)[C@H](CCCCN)CC(=O)C1(C(=O)NCCCCCN2C(=O)CC(C)C2=O)CCC1. The third-order valence-corrected chi connectivity index (χ3v) is 6.97. The smallest absolute Gasteiger partial charge is 0.233 e. The van der Waals surface area contributed by atoms with Gasteiger partial charge >= 0.3 is 0 Å². The van der Waals surface area contributed by atoms with Gasteiger partial charge in [-0.3, -0.25) is 28.9 Å². The topological polar surface area (TPSA) is 139 Å². The maximum atomic E-state index is 13.1. The zero-order valence-electron chi connectivity index (χ0n) is 20.8. The van der Waals surface area contributed by atoms with Gasteiger partial charge in [0.15, 0.2) is 0 Å². The van der Waals surface area contributed by atoms with Crippen LogP contribution >= 0.6 is 0 Å². The molecule has 33 heavy (non-hydrogen) atoms. The van der Waals surface area contributed by atoms with E-state index >= 15 is 0 Å². The Morgan fingerprint density at radius 1 is 1.18 bits per heavy atom. The minimum absolute atomic E-state index is 0.000138. The molecule has 2 fully saturated rings. The van der Waals surface area contributed by atoms with Gasteiger partial charge in [0.2, 0.25) is 23.6 Å². The fourth-order valence-electron chi connectivity index (χ4n) is 4.61. The van der Waals surface area contributed by atoms with E-state index in [1.807, 2.05) is 0 Å². The van der Waals surface area contributed by atoms with E-state index in [2.05, 4.69) is 10.6 Å². The molecule has 1 unspecified atom stereocenters. The lowest BCUT2D eigenvalue weighted by Gasteiger charge is -2.39. The summed E-state index contributed by atoms with van der Waals surface area (Å²) in [4.78, 5) is 63.5. The summed E-state index contributed by atoms with van der Waals surface area (Å²) < 4.78 is 7.22. The number of hydrogen-bond acceptors (Lipinski definition) is 6. The molecule has 9 nitrogen and oxygen atoms in total. The quantitative estimate of drug-likeness (QED) is 0.189. The molecule has 9 heteroatoms. The highest BCUT2D eigenvalue weighted by Gasteiger charge is 2.50. The van der Waals surface area contributed by atoms with Crippen LogP contribution < -0.4 is 16.4 Å². The monoisotopic (exact) mass is 465 g/mol. The average molecular weight is 466 g/mol. The van der Waals surface area contributed by atoms with Gasteiger partial charge in [0.1, 0.15) is 11.2 Å². The Morgan fingerprint density at radius 3 is 2.52 bits per heavy atom. The van der Waals surface area contributed by atoms with Gasteiger partial charge < -0.3 is 16.4 Å². The lowest BCUT2D eigenvalue weighted by atomic mass is 9.63. The summed E-state index contributed by atoms with van der Waals surface area (Å²) in [6.07, 6.45) is 6.16. The molecule has 1 heterocycles. The van der Waals surface area contributed by atoms with Crippen LogP contribution in [0.5, 0.6) is 0 Å². The number of nitrogens with two attached hydrogens (primary N) is 1. The number of imide groups is 1. The number of carbonyl (C=O) groups excluding carboxylic acids is 5. The maximum Gasteiger partial charge on any atom is 0.233 e. The molecule has 1 aliphatic carbocycles. The number of likely N-dealkylation sites (tertiary alicyclic amines) is 1. The summed E-state index contributed by atoms with van der Waals surface area (Å²) in [6, 6.07) is 0. The minimum Gasteiger partial charge on any atom is -0.359 e. The molecule has 0 bridgehead atoms. The molecule has 4 N–H and O–H groups in total. The first-order chi connectivity index (χ1) is 16.3. The van der Waals surface area contributed by atoms with Gasteiger partial charge in [-0.1, -0.05) is 19.8 Å². The van der Waals surface area contributed by atoms with Gasteiger partial charge in [-0.25, -0.2) is 0 Å². The molecule has 2 aliphatic rings. The van der Waals surface area contributed by atoms with Crippen molar-refractivity contribution in [2.75, 3.05) is 26.7 Å². The summed E-state index contributed by atoms with van der Waals surface area (Å²) in [7, 11) is -0.245. The second-order valence-electron chi connectivity index (χ2n) is 9.39. The highest BCUT2D eigenvalue weighted by molar-refractivity contribution is 6.07. The van der Waals surface area contributed by atoms with Crippen LogP contribution in [-0.2, 0) is 24.0 Å². The number of Topliss-reactive ketones (excluding diaryl/α,β-unsaturated/α-hetero) is 1. The number of nitrogens with one attached hydrogen (secondary N) is 2. The molecule has 0 spiro atoms. The average Bonchev–Trinajstić information content (AvgIpc) is 3.00. The van der Waals surface area contributed by atoms with E-state index in [0.717, 1.165) is 19.3 Å². The first-order valence-corrected chi connectivity index (χ1v) is 12.2. The molecule has 1 aliphatic heterocycles. The molecule has 0 aromatic heterocycles. The molecular weight excluding hydrogens is 424 g/mol. The van der Waals surface area contributed by atoms with Crippen molar-refractivity contribution in [2.45, 2.75) is 77.6 Å². The second kappa shape index (κ2) is 12.8. The first kappa shape index (κ1) is 25.3. The fourth-order valence-corrected chi connectivity index (χ4v) is 4.61. The van der Waals surface area contributed by atoms with E-state index in [4.69, 9.17) is 7.10 Å². The minimum atomic E-state index is -1.06. The van der Waals surface area contributed by atoms with Crippen molar-refractivity contribution >= 4 is 29.4 Å². The van der Waals surface area contributed by atoms with Crippen molar-refractivity contribution in [3.05, 3.63) is 0 Å². The third kappa shape index (κ3) is 6.85. The van der Waals surface area contributed by atoms with E-state index in [-0.39, 0.29) is 55.2 Å². The number of unbranched alkanes of at least 4 members (excludes halogenated alkanes) is 3. The first-order valence-electron chi connectivity index (χ1n) is 12.9. The van der Waals surface area contributed by atoms with Gasteiger partial charge in [-0.2, -0.15) is 0 Å². The zero-order chi connectivity index (χ0) is 25.1. The van der Waals surface area contributed by atoms with Crippen LogP contribution in [0.3, 0.4) is 0 Å². The van der Waals surface area contributed by atoms with Gasteiger partial charge in [0.25, 0.3) is 0 Å². The highest BCUT2D eigenvalue weighted by Crippen LogP contribution is 2.43. The van der Waals surface area contributed by atoms with Crippen LogP contribution in [0, 0.1) is 17.3 Å². The Kier molecular flexibility index (Phi) is 9.84. The number of hydrogen-bond donors (Lipinski definition) is 3. The fraction of sp³-hybridized carbons (Fsp3) is 0.792. The standard InChI is InChI=1S/C24H40N4O5/c1-17-15-20(30)28(22(17)32)14-7-3-6-13-27-23(33)24(10-8-11-24)19(29)16-18(21(31)26-2)9-4-5-12-25/h17-18H,3-16,25H2,1-2H3,(H,26,31)(H,27,33)/t17?,18-/m1/s1/i2D.